The van der Waals surface area contributed by atoms with Crippen molar-refractivity contribution < 1.29 is 9.63 Å². The van der Waals surface area contributed by atoms with E-state index in [1.807, 2.05) is 0 Å². The van der Waals surface area contributed by atoms with Crippen LogP contribution in [0.3, 0.4) is 0 Å². The van der Waals surface area contributed by atoms with E-state index in [0.717, 1.165) is 25.7 Å². The van der Waals surface area contributed by atoms with Crippen molar-refractivity contribution in [3.8, 4) is 0 Å². The molecule has 0 aromatic carbocycles. The second-order valence-corrected chi connectivity index (χ2v) is 3.29. The van der Waals surface area contributed by atoms with Crippen LogP contribution in [-0.2, 0) is 9.63 Å². The van der Waals surface area contributed by atoms with Gasteiger partial charge in [0.25, 0.3) is 0 Å². The summed E-state index contributed by atoms with van der Waals surface area (Å²) >= 11 is 0. The summed E-state index contributed by atoms with van der Waals surface area (Å²) in [6.07, 6.45) is 3.80. The predicted octanol–water partition coefficient (Wildman–Crippen LogP) is 0.181. The Morgan fingerprint density at radius 2 is 2.33 bits per heavy atom. The van der Waals surface area contributed by atoms with Gasteiger partial charge in [-0.25, -0.2) is 5.48 Å². The summed E-state index contributed by atoms with van der Waals surface area (Å²) < 4.78 is 0. The first kappa shape index (κ1) is 9.48. The number of nitrogens with two attached hydrogens (primary N) is 1. The molecule has 0 heterocycles. The van der Waals surface area contributed by atoms with E-state index >= 15 is 0 Å². The molecule has 1 rings (SSSR count). The number of rotatable bonds is 2. The molecule has 0 bridgehead atoms. The Kier molecular flexibility index (Phi) is 3.49. The van der Waals surface area contributed by atoms with Crippen LogP contribution >= 0.6 is 0 Å². The molecule has 12 heavy (non-hydrogen) atoms. The van der Waals surface area contributed by atoms with Gasteiger partial charge in [0, 0.05) is 12.0 Å². The molecule has 2 atom stereocenters. The summed E-state index contributed by atoms with van der Waals surface area (Å²) in [5.74, 6) is 0.0151. The van der Waals surface area contributed by atoms with Crippen molar-refractivity contribution in [3.63, 3.8) is 0 Å². The first-order chi connectivity index (χ1) is 5.74. The number of nitrogens with one attached hydrogen (secondary N) is 1. The zero-order chi connectivity index (χ0) is 8.97. The number of carbonyl (C=O) groups excluding carboxylic acids is 1. The molecule has 1 saturated carbocycles. The van der Waals surface area contributed by atoms with Crippen molar-refractivity contribution in [2.75, 3.05) is 7.11 Å². The van der Waals surface area contributed by atoms with Gasteiger partial charge in [0.15, 0.2) is 0 Å². The molecular weight excluding hydrogens is 156 g/mol. The van der Waals surface area contributed by atoms with Crippen LogP contribution < -0.4 is 11.2 Å². The normalized spacial score (nSPS) is 29.8. The fourth-order valence-electron chi connectivity index (χ4n) is 1.65. The topological polar surface area (TPSA) is 64.3 Å². The van der Waals surface area contributed by atoms with Crippen LogP contribution in [0.25, 0.3) is 0 Å². The van der Waals surface area contributed by atoms with Gasteiger partial charge in [-0.3, -0.25) is 9.63 Å². The molecule has 1 amide bonds. The lowest BCUT2D eigenvalue weighted by Gasteiger charge is -2.24. The third-order valence-corrected chi connectivity index (χ3v) is 2.29. The third-order valence-electron chi connectivity index (χ3n) is 2.29. The number of carbonyl (C=O) groups is 1. The molecular formula is C8H16N2O2. The van der Waals surface area contributed by atoms with Gasteiger partial charge < -0.3 is 5.73 Å². The Bertz CT molecular complexity index is 161. The Balaban J connectivity index is 2.35. The van der Waals surface area contributed by atoms with E-state index in [4.69, 9.17) is 5.73 Å². The van der Waals surface area contributed by atoms with Crippen LogP contribution in [0, 0.1) is 5.92 Å². The highest BCUT2D eigenvalue weighted by Crippen LogP contribution is 2.22. The quantitative estimate of drug-likeness (QED) is 0.584. The number of amides is 1. The molecule has 0 aromatic rings. The molecule has 0 aromatic heterocycles. The maximum Gasteiger partial charge on any atom is 0.246 e. The van der Waals surface area contributed by atoms with Gasteiger partial charge in [-0.2, -0.15) is 0 Å². The number of hydrogen-bond acceptors (Lipinski definition) is 3. The molecule has 1 fully saturated rings. The molecule has 0 radical (unpaired) electrons. The van der Waals surface area contributed by atoms with E-state index in [1.165, 1.54) is 7.11 Å². The van der Waals surface area contributed by atoms with Crippen LogP contribution in [0.5, 0.6) is 0 Å². The number of hydroxylamine groups is 1. The smallest absolute Gasteiger partial charge is 0.246 e. The highest BCUT2D eigenvalue weighted by atomic mass is 16.6. The third kappa shape index (κ3) is 2.46. The molecule has 4 heteroatoms. The van der Waals surface area contributed by atoms with Gasteiger partial charge in [-0.15, -0.1) is 0 Å². The van der Waals surface area contributed by atoms with E-state index in [9.17, 15) is 4.79 Å². The zero-order valence-corrected chi connectivity index (χ0v) is 7.38. The first-order valence-corrected chi connectivity index (χ1v) is 4.32. The first-order valence-electron chi connectivity index (χ1n) is 4.32. The van der Waals surface area contributed by atoms with E-state index in [2.05, 4.69) is 10.3 Å². The van der Waals surface area contributed by atoms with Gasteiger partial charge in [-0.1, -0.05) is 6.42 Å². The molecule has 0 aliphatic heterocycles. The average molecular weight is 172 g/mol. The molecule has 1 aliphatic carbocycles. The second-order valence-electron chi connectivity index (χ2n) is 3.29. The second kappa shape index (κ2) is 4.42. The van der Waals surface area contributed by atoms with Crippen molar-refractivity contribution in [1.29, 1.82) is 0 Å². The van der Waals surface area contributed by atoms with Crippen LogP contribution in [0.2, 0.25) is 0 Å². The fourth-order valence-corrected chi connectivity index (χ4v) is 1.65. The van der Waals surface area contributed by atoms with Crippen molar-refractivity contribution in [2.45, 2.75) is 31.7 Å². The van der Waals surface area contributed by atoms with Crippen LogP contribution in [0.4, 0.5) is 0 Å². The van der Waals surface area contributed by atoms with Gasteiger partial charge in [-0.05, 0) is 19.3 Å². The summed E-state index contributed by atoms with van der Waals surface area (Å²) in [5.41, 5.74) is 8.08. The minimum Gasteiger partial charge on any atom is -0.328 e. The standard InChI is InChI=1S/C8H16N2O2/c1-12-10-8(11)6-3-2-4-7(9)5-6/h6-7H,2-5,9H2,1H3,(H,10,11). The summed E-state index contributed by atoms with van der Waals surface area (Å²) in [6, 6.07) is 0.186. The SMILES string of the molecule is CONC(=O)C1CCCC(N)C1. The monoisotopic (exact) mass is 172 g/mol. The van der Waals surface area contributed by atoms with Gasteiger partial charge in [0.05, 0.1) is 7.11 Å². The zero-order valence-electron chi connectivity index (χ0n) is 7.38. The van der Waals surface area contributed by atoms with Crippen LogP contribution in [0.1, 0.15) is 25.7 Å². The number of hydrogen-bond donors (Lipinski definition) is 2. The Hall–Kier alpha value is -0.610. The van der Waals surface area contributed by atoms with Crippen molar-refractivity contribution in [3.05, 3.63) is 0 Å². The van der Waals surface area contributed by atoms with E-state index in [-0.39, 0.29) is 17.9 Å². The Labute approximate surface area is 72.4 Å². The highest BCUT2D eigenvalue weighted by molar-refractivity contribution is 5.77. The highest BCUT2D eigenvalue weighted by Gasteiger charge is 2.24. The largest absolute Gasteiger partial charge is 0.328 e. The van der Waals surface area contributed by atoms with E-state index < -0.39 is 0 Å². The molecule has 3 N–H and O–H groups in total. The lowest BCUT2D eigenvalue weighted by molar-refractivity contribution is -0.136. The summed E-state index contributed by atoms with van der Waals surface area (Å²) in [6.45, 7) is 0. The fraction of sp³-hybridized carbons (Fsp3) is 0.875. The predicted molar refractivity (Wildman–Crippen MR) is 45.1 cm³/mol. The van der Waals surface area contributed by atoms with E-state index in [0.29, 0.717) is 0 Å². The molecule has 1 aliphatic rings. The van der Waals surface area contributed by atoms with Gasteiger partial charge in [0.2, 0.25) is 5.91 Å². The summed E-state index contributed by atoms with van der Waals surface area (Å²) in [4.78, 5) is 15.8. The average Bonchev–Trinajstić information content (AvgIpc) is 2.05. The summed E-state index contributed by atoms with van der Waals surface area (Å²) in [5, 5.41) is 0. The Morgan fingerprint density at radius 1 is 1.58 bits per heavy atom. The van der Waals surface area contributed by atoms with E-state index in [1.54, 1.807) is 0 Å². The van der Waals surface area contributed by atoms with Crippen molar-refractivity contribution in [2.24, 2.45) is 11.7 Å². The van der Waals surface area contributed by atoms with Crippen molar-refractivity contribution in [1.82, 2.24) is 5.48 Å². The van der Waals surface area contributed by atoms with Gasteiger partial charge >= 0.3 is 0 Å². The minimum atomic E-state index is -0.0346. The van der Waals surface area contributed by atoms with Gasteiger partial charge in [0.1, 0.15) is 0 Å². The molecule has 4 nitrogen and oxygen atoms in total. The molecule has 70 valence electrons. The summed E-state index contributed by atoms with van der Waals surface area (Å²) in [7, 11) is 1.45. The minimum absolute atomic E-state index is 0.0346. The maximum atomic E-state index is 11.3. The molecule has 0 spiro atoms. The van der Waals surface area contributed by atoms with Crippen LogP contribution in [-0.4, -0.2) is 19.1 Å². The molecule has 0 saturated heterocycles. The van der Waals surface area contributed by atoms with Crippen LogP contribution in [0.15, 0.2) is 0 Å². The molecule has 2 unspecified atom stereocenters. The lowest BCUT2D eigenvalue weighted by Crippen LogP contribution is -2.37. The van der Waals surface area contributed by atoms with Crippen molar-refractivity contribution >= 4 is 5.91 Å². The lowest BCUT2D eigenvalue weighted by atomic mass is 9.86. The maximum absolute atomic E-state index is 11.3. The Morgan fingerprint density at radius 3 is 2.92 bits per heavy atom.